The van der Waals surface area contributed by atoms with Crippen LogP contribution in [0.2, 0.25) is 0 Å². The molecule has 0 bridgehead atoms. The Morgan fingerprint density at radius 3 is 2.67 bits per heavy atom. The van der Waals surface area contributed by atoms with Crippen molar-refractivity contribution in [2.45, 2.75) is 57.5 Å². The summed E-state index contributed by atoms with van der Waals surface area (Å²) in [6, 6.07) is 13.3. The summed E-state index contributed by atoms with van der Waals surface area (Å²) in [5.74, 6) is -0.751. The van der Waals surface area contributed by atoms with Crippen LogP contribution in [0.4, 0.5) is 10.1 Å². The third-order valence-electron chi connectivity index (χ3n) is 8.94. The van der Waals surface area contributed by atoms with Crippen LogP contribution in [0.15, 0.2) is 60.7 Å². The molecule has 3 aliphatic heterocycles. The quantitative estimate of drug-likeness (QED) is 0.471. The van der Waals surface area contributed by atoms with E-state index in [9.17, 15) is 18.8 Å². The molecule has 42 heavy (non-hydrogen) atoms. The highest BCUT2D eigenvalue weighted by Crippen LogP contribution is 2.36. The van der Waals surface area contributed by atoms with E-state index in [4.69, 9.17) is 4.74 Å². The Morgan fingerprint density at radius 2 is 1.88 bits per heavy atom. The molecule has 2 aromatic rings. The maximum absolute atomic E-state index is 13.8. The average Bonchev–Trinajstić information content (AvgIpc) is 2.98. The van der Waals surface area contributed by atoms with Gasteiger partial charge in [0.05, 0.1) is 12.0 Å². The number of fused-ring (bicyclic) bond motifs is 1. The molecule has 0 aliphatic carbocycles. The smallest absolute Gasteiger partial charge is 0.243 e. The zero-order valence-corrected chi connectivity index (χ0v) is 24.2. The van der Waals surface area contributed by atoms with Crippen LogP contribution < -0.4 is 16.0 Å². The average molecular weight is 577 g/mol. The van der Waals surface area contributed by atoms with Gasteiger partial charge in [-0.3, -0.25) is 19.3 Å². The molecule has 9 heteroatoms. The molecule has 5 rings (SSSR count). The molecule has 3 amide bonds. The molecular weight excluding hydrogens is 535 g/mol. The number of ether oxygens (including phenoxy) is 1. The fraction of sp³-hybridized carbons (Fsp3) is 0.485. The second kappa shape index (κ2) is 13.6. The highest BCUT2D eigenvalue weighted by molar-refractivity contribution is 5.93. The van der Waals surface area contributed by atoms with Crippen molar-refractivity contribution in [3.8, 4) is 0 Å². The first-order valence-corrected chi connectivity index (χ1v) is 15.0. The number of aryl methyl sites for hydroxylation is 1. The van der Waals surface area contributed by atoms with Gasteiger partial charge in [-0.2, -0.15) is 0 Å². The Kier molecular flexibility index (Phi) is 9.69. The predicted molar refractivity (Wildman–Crippen MR) is 159 cm³/mol. The molecule has 1 spiro atoms. The number of likely N-dealkylation sites (tertiary alicyclic amines) is 1. The number of nitrogens with one attached hydrogen (secondary N) is 3. The number of nitrogens with zero attached hydrogens (tertiary/aromatic N) is 1. The van der Waals surface area contributed by atoms with Gasteiger partial charge in [0.15, 0.2) is 0 Å². The second-order valence-corrected chi connectivity index (χ2v) is 11.9. The highest BCUT2D eigenvalue weighted by Gasteiger charge is 2.41. The zero-order valence-electron chi connectivity index (χ0n) is 24.2. The molecule has 3 aliphatic rings. The molecule has 8 nitrogen and oxygen atoms in total. The number of benzene rings is 2. The summed E-state index contributed by atoms with van der Waals surface area (Å²) < 4.78 is 19.3. The molecule has 0 saturated carbocycles. The highest BCUT2D eigenvalue weighted by atomic mass is 19.1. The van der Waals surface area contributed by atoms with Crippen LogP contribution in [0.25, 0.3) is 0 Å². The van der Waals surface area contributed by atoms with Crippen molar-refractivity contribution < 1.29 is 23.5 Å². The normalized spacial score (nSPS) is 25.7. The van der Waals surface area contributed by atoms with E-state index >= 15 is 0 Å². The van der Waals surface area contributed by atoms with Crippen molar-refractivity contribution in [3.05, 3.63) is 77.6 Å². The van der Waals surface area contributed by atoms with Crippen molar-refractivity contribution in [1.82, 2.24) is 15.5 Å². The summed E-state index contributed by atoms with van der Waals surface area (Å²) in [5, 5.41) is 9.24. The van der Waals surface area contributed by atoms with Crippen molar-refractivity contribution in [2.24, 2.45) is 11.3 Å². The van der Waals surface area contributed by atoms with Crippen LogP contribution in [0.1, 0.15) is 43.2 Å². The number of carbonyl (C=O) groups is 3. The standard InChI is InChI=1S/C33H41FN4O4/c1-23-10-11-26(34)20-28(23)35-30(39)22-38-16-12-27-25(21-38)9-5-6-13-33(14-17-42-18-15-33)32(41)37-29(31(40)36-27)19-24-7-3-2-4-8-24/h2-8,10-11,20,25,27,29H,9,12-19,21-22H2,1H3,(H,35,39)(H,36,40)(H,37,41)/b6-5+/t25-,27+,29-/m0/s1. The van der Waals surface area contributed by atoms with Crippen LogP contribution >= 0.6 is 0 Å². The molecule has 224 valence electrons. The Morgan fingerprint density at radius 1 is 1.10 bits per heavy atom. The second-order valence-electron chi connectivity index (χ2n) is 11.9. The molecule has 0 radical (unpaired) electrons. The molecule has 2 saturated heterocycles. The summed E-state index contributed by atoms with van der Waals surface area (Å²) in [6.07, 6.45) is 7.87. The van der Waals surface area contributed by atoms with Gasteiger partial charge in [-0.25, -0.2) is 4.39 Å². The number of hydrogen-bond acceptors (Lipinski definition) is 5. The van der Waals surface area contributed by atoms with E-state index in [0.717, 1.165) is 17.5 Å². The monoisotopic (exact) mass is 576 g/mol. The molecule has 3 atom stereocenters. The Hall–Kier alpha value is -3.56. The van der Waals surface area contributed by atoms with Crippen LogP contribution in [0.5, 0.6) is 0 Å². The van der Waals surface area contributed by atoms with Crippen LogP contribution in [0.3, 0.4) is 0 Å². The molecular formula is C33H41FN4O4. The Labute approximate surface area is 247 Å². The van der Waals surface area contributed by atoms with Gasteiger partial charge in [-0.05, 0) is 68.2 Å². The molecule has 3 N–H and O–H groups in total. The first-order valence-electron chi connectivity index (χ1n) is 15.0. The SMILES string of the molecule is Cc1ccc(F)cc1NC(=O)CN1CC[C@H]2NC(=O)[C@H](Cc3ccccc3)NC(=O)C3(C/C=C/C[C@H]2C1)CCOCC3. The Bertz CT molecular complexity index is 1290. The van der Waals surface area contributed by atoms with E-state index in [1.165, 1.54) is 12.1 Å². The van der Waals surface area contributed by atoms with E-state index in [0.29, 0.717) is 64.1 Å². The van der Waals surface area contributed by atoms with Gasteiger partial charge in [-0.1, -0.05) is 48.6 Å². The number of amides is 3. The maximum atomic E-state index is 13.8. The van der Waals surface area contributed by atoms with Gasteiger partial charge in [-0.15, -0.1) is 0 Å². The van der Waals surface area contributed by atoms with Gasteiger partial charge in [0, 0.05) is 44.5 Å². The number of halogens is 1. The molecule has 0 unspecified atom stereocenters. The van der Waals surface area contributed by atoms with Gasteiger partial charge in [0.1, 0.15) is 11.9 Å². The summed E-state index contributed by atoms with van der Waals surface area (Å²) in [4.78, 5) is 42.4. The largest absolute Gasteiger partial charge is 0.381 e. The summed E-state index contributed by atoms with van der Waals surface area (Å²) >= 11 is 0. The fourth-order valence-corrected chi connectivity index (χ4v) is 6.32. The minimum absolute atomic E-state index is 0.0847. The maximum Gasteiger partial charge on any atom is 0.243 e. The van der Waals surface area contributed by atoms with Gasteiger partial charge >= 0.3 is 0 Å². The first-order chi connectivity index (χ1) is 20.3. The molecule has 3 heterocycles. The lowest BCUT2D eigenvalue weighted by molar-refractivity contribution is -0.140. The lowest BCUT2D eigenvalue weighted by atomic mass is 9.75. The lowest BCUT2D eigenvalue weighted by Gasteiger charge is -2.40. The van der Waals surface area contributed by atoms with Gasteiger partial charge in [0.2, 0.25) is 17.7 Å². The predicted octanol–water partition coefficient (Wildman–Crippen LogP) is 3.75. The van der Waals surface area contributed by atoms with Crippen LogP contribution in [0, 0.1) is 24.1 Å². The van der Waals surface area contributed by atoms with E-state index in [-0.39, 0.29) is 36.2 Å². The fourth-order valence-electron chi connectivity index (χ4n) is 6.32. The third-order valence-corrected chi connectivity index (χ3v) is 8.94. The zero-order chi connectivity index (χ0) is 29.5. The van der Waals surface area contributed by atoms with Crippen molar-refractivity contribution in [1.29, 1.82) is 0 Å². The number of carbonyl (C=O) groups excluding carboxylic acids is 3. The van der Waals surface area contributed by atoms with Crippen LogP contribution in [-0.4, -0.2) is 67.6 Å². The van der Waals surface area contributed by atoms with Crippen LogP contribution in [-0.2, 0) is 25.5 Å². The topological polar surface area (TPSA) is 99.8 Å². The van der Waals surface area contributed by atoms with E-state index < -0.39 is 17.3 Å². The number of rotatable bonds is 5. The Balaban J connectivity index is 1.31. The van der Waals surface area contributed by atoms with E-state index in [1.807, 2.05) is 37.3 Å². The van der Waals surface area contributed by atoms with Gasteiger partial charge in [0.25, 0.3) is 0 Å². The van der Waals surface area contributed by atoms with Crippen molar-refractivity contribution in [3.63, 3.8) is 0 Å². The molecule has 2 aromatic carbocycles. The number of hydrogen-bond donors (Lipinski definition) is 3. The number of anilines is 1. The van der Waals surface area contributed by atoms with Crippen molar-refractivity contribution in [2.75, 3.05) is 38.2 Å². The first kappa shape index (κ1) is 29.9. The third kappa shape index (κ3) is 7.44. The summed E-state index contributed by atoms with van der Waals surface area (Å²) in [5.41, 5.74) is 1.66. The minimum atomic E-state index is -0.693. The van der Waals surface area contributed by atoms with Gasteiger partial charge < -0.3 is 20.7 Å². The summed E-state index contributed by atoms with van der Waals surface area (Å²) in [6.45, 7) is 4.34. The number of piperidine rings is 1. The van der Waals surface area contributed by atoms with E-state index in [1.54, 1.807) is 6.07 Å². The lowest BCUT2D eigenvalue weighted by Crippen LogP contribution is -2.58. The van der Waals surface area contributed by atoms with E-state index in [2.05, 4.69) is 33.0 Å². The minimum Gasteiger partial charge on any atom is -0.381 e. The molecule has 2 fully saturated rings. The van der Waals surface area contributed by atoms with Crippen molar-refractivity contribution >= 4 is 23.4 Å². The molecule has 0 aromatic heterocycles. The summed E-state index contributed by atoms with van der Waals surface area (Å²) in [7, 11) is 0. The number of allylic oxidation sites excluding steroid dienone is 2.